The van der Waals surface area contributed by atoms with Crippen LogP contribution in [0.4, 0.5) is 9.59 Å². The maximum Gasteiger partial charge on any atom is 0.408 e. The summed E-state index contributed by atoms with van der Waals surface area (Å²) < 4.78 is 42.8. The fourth-order valence-corrected chi connectivity index (χ4v) is 10.0. The number of nitrogens with one attached hydrogen (secondary N) is 4. The molecule has 0 radical (unpaired) electrons. The third kappa shape index (κ3) is 17.8. The molecule has 0 fully saturated rings. The van der Waals surface area contributed by atoms with Crippen LogP contribution in [0.3, 0.4) is 0 Å². The zero-order chi connectivity index (χ0) is 52.0. The van der Waals surface area contributed by atoms with E-state index in [0.29, 0.717) is 11.1 Å². The smallest absolute Gasteiger partial charge is 0.408 e. The lowest BCUT2D eigenvalue weighted by atomic mass is 10.0. The van der Waals surface area contributed by atoms with Crippen LogP contribution in [0.1, 0.15) is 73.9 Å². The Hall–Kier alpha value is -7.77. The van der Waals surface area contributed by atoms with Crippen molar-refractivity contribution in [3.05, 3.63) is 228 Å². The molecular weight excluding hydrogens is 937 g/mol. The molecule has 12 nitrogen and oxygen atoms in total. The van der Waals surface area contributed by atoms with E-state index >= 15 is 8.42 Å². The highest BCUT2D eigenvalue weighted by atomic mass is 32.2. The van der Waals surface area contributed by atoms with Gasteiger partial charge in [-0.25, -0.2) is 18.0 Å². The van der Waals surface area contributed by atoms with E-state index in [4.69, 9.17) is 9.47 Å². The van der Waals surface area contributed by atoms with E-state index in [9.17, 15) is 19.2 Å². The van der Waals surface area contributed by atoms with Gasteiger partial charge in [0, 0.05) is 0 Å². The average molecular weight is 1000 g/mol. The molecule has 0 saturated heterocycles. The summed E-state index contributed by atoms with van der Waals surface area (Å²) in [6.45, 7) is 7.76. The van der Waals surface area contributed by atoms with E-state index in [0.717, 1.165) is 22.3 Å². The number of carbonyl (C=O) groups is 4. The number of carbonyl (C=O) groups excluding carboxylic acids is 4. The number of hydrogen-bond acceptors (Lipinski definition) is 8. The average Bonchev–Trinajstić information content (AvgIpc) is 3.39. The molecule has 0 unspecified atom stereocenters. The number of sulfone groups is 1. The van der Waals surface area contributed by atoms with Crippen LogP contribution in [0.2, 0.25) is 0 Å². The van der Waals surface area contributed by atoms with Crippen LogP contribution >= 0.6 is 0 Å². The maximum atomic E-state index is 15.9. The van der Waals surface area contributed by atoms with Crippen LogP contribution in [0.25, 0.3) is 9.81 Å². The first-order chi connectivity index (χ1) is 35.2. The highest BCUT2D eigenvalue weighted by molar-refractivity contribution is 8.09. The van der Waals surface area contributed by atoms with E-state index in [-0.39, 0.29) is 60.5 Å². The first-order valence-corrected chi connectivity index (χ1v) is 26.1. The van der Waals surface area contributed by atoms with Crippen LogP contribution in [-0.4, -0.2) is 56.6 Å². The van der Waals surface area contributed by atoms with Gasteiger partial charge in [-0.15, -0.1) is 0 Å². The normalized spacial score (nSPS) is 13.5. The van der Waals surface area contributed by atoms with Crippen LogP contribution in [-0.2, 0) is 55.0 Å². The van der Waals surface area contributed by atoms with Crippen molar-refractivity contribution in [3.63, 3.8) is 0 Å². The summed E-state index contributed by atoms with van der Waals surface area (Å²) in [4.78, 5) is 55.2. The lowest BCUT2D eigenvalue weighted by molar-refractivity contribution is -0.124. The second-order valence-electron chi connectivity index (χ2n) is 18.7. The van der Waals surface area contributed by atoms with Crippen molar-refractivity contribution in [2.45, 2.75) is 90.8 Å². The van der Waals surface area contributed by atoms with E-state index in [2.05, 4.69) is 21.3 Å². The lowest BCUT2D eigenvalue weighted by Gasteiger charge is -2.25. The minimum absolute atomic E-state index is 0.00670. The van der Waals surface area contributed by atoms with Crippen molar-refractivity contribution in [3.8, 4) is 0 Å². The van der Waals surface area contributed by atoms with Gasteiger partial charge in [-0.2, -0.15) is 0 Å². The zero-order valence-corrected chi connectivity index (χ0v) is 42.7. The van der Waals surface area contributed by atoms with Gasteiger partial charge >= 0.3 is 12.2 Å². The molecule has 0 aliphatic heterocycles. The Kier molecular flexibility index (Phi) is 20.7. The molecule has 380 valence electrons. The second-order valence-corrected chi connectivity index (χ2v) is 20.6. The first-order valence-electron chi connectivity index (χ1n) is 24.7. The summed E-state index contributed by atoms with van der Waals surface area (Å²) in [6.07, 6.45) is 2.52. The molecule has 0 heterocycles. The molecule has 0 aliphatic rings. The molecule has 0 saturated carbocycles. The molecule has 0 spiro atoms. The summed E-state index contributed by atoms with van der Waals surface area (Å²) in [5.74, 6) is -1.07. The van der Waals surface area contributed by atoms with E-state index in [1.165, 1.54) is 0 Å². The predicted molar refractivity (Wildman–Crippen MR) is 288 cm³/mol. The van der Waals surface area contributed by atoms with Gasteiger partial charge in [0.05, 0.1) is 21.9 Å². The van der Waals surface area contributed by atoms with Crippen molar-refractivity contribution < 1.29 is 37.1 Å². The fraction of sp³-hybridized carbons (Fsp3) is 0.267. The quantitative estimate of drug-likeness (QED) is 0.0465. The van der Waals surface area contributed by atoms with Gasteiger partial charge < -0.3 is 30.7 Å². The monoisotopic (exact) mass is 1000 g/mol. The standard InChI is InChI=1S/C60H66N4O8S/c1-43(2)35-53(63-59(67)71-41-47-27-15-7-16-28-47)57(65)61-51(37-45-23-11-5-12-24-45)39-55(49-31-19-9-20-32-49)73(69,70)56(50-33-21-10-22-34-50)40-52(38-46-25-13-6-14-26-46)62-58(66)54(36-44(3)4)64-60(68)72-42-48-29-17-8-18-30-48/h5-34,39-40,43-44,51-54H,35-38,41-42H2,1-4H3,(H,61,65)(H,62,66)(H,63,67)(H,64,68)/t51-,52-,53+,54+/m1/s1. The summed E-state index contributed by atoms with van der Waals surface area (Å²) in [5, 5.41) is 11.7. The fourth-order valence-electron chi connectivity index (χ4n) is 8.20. The van der Waals surface area contributed by atoms with Crippen LogP contribution in [0.5, 0.6) is 0 Å². The van der Waals surface area contributed by atoms with Crippen LogP contribution < -0.4 is 21.3 Å². The molecule has 0 aromatic heterocycles. The summed E-state index contributed by atoms with van der Waals surface area (Å²) in [5.41, 5.74) is 3.93. The topological polar surface area (TPSA) is 169 Å². The second kappa shape index (κ2) is 27.7. The highest BCUT2D eigenvalue weighted by Gasteiger charge is 2.32. The molecule has 6 rings (SSSR count). The minimum Gasteiger partial charge on any atom is -0.445 e. The molecule has 6 aromatic rings. The number of amides is 4. The number of benzene rings is 6. The van der Waals surface area contributed by atoms with E-state index in [1.54, 1.807) is 72.8 Å². The number of hydrogen-bond donors (Lipinski definition) is 4. The van der Waals surface area contributed by atoms with Gasteiger partial charge in [0.2, 0.25) is 21.7 Å². The van der Waals surface area contributed by atoms with Gasteiger partial charge in [0.15, 0.2) is 0 Å². The Morgan fingerprint density at radius 3 is 1.01 bits per heavy atom. The molecule has 4 N–H and O–H groups in total. The number of alkyl carbamates (subject to hydrolysis) is 2. The summed E-state index contributed by atoms with van der Waals surface area (Å²) in [7, 11) is -4.56. The lowest BCUT2D eigenvalue weighted by Crippen LogP contribution is -2.50. The number of ether oxygens (including phenoxy) is 2. The Bertz CT molecular complexity index is 2660. The first kappa shape index (κ1) is 54.6. The SMILES string of the molecule is CC(C)C[C@H](NC(=O)OCc1ccccc1)C(=O)N[C@@H](C=C(c1ccccc1)S(=O)(=O)C(=C[C@@H](Cc1ccccc1)NC(=O)[C@H](CC(C)C)NC(=O)OCc1ccccc1)c1ccccc1)Cc1ccccc1. The third-order valence-electron chi connectivity index (χ3n) is 11.7. The Morgan fingerprint density at radius 2 is 0.712 bits per heavy atom. The van der Waals surface area contributed by atoms with Crippen molar-refractivity contribution in [1.82, 2.24) is 21.3 Å². The van der Waals surface area contributed by atoms with E-state index < -0.39 is 58.0 Å². The molecule has 4 amide bonds. The van der Waals surface area contributed by atoms with Gasteiger partial charge in [0.25, 0.3) is 0 Å². The third-order valence-corrected chi connectivity index (χ3v) is 13.6. The van der Waals surface area contributed by atoms with Crippen LogP contribution in [0, 0.1) is 11.8 Å². The molecular formula is C60H66N4O8S. The molecule has 13 heteroatoms. The molecule has 0 bridgehead atoms. The Labute approximate surface area is 430 Å². The predicted octanol–water partition coefficient (Wildman–Crippen LogP) is 10.6. The molecule has 6 aromatic carbocycles. The van der Waals surface area contributed by atoms with Crippen LogP contribution in [0.15, 0.2) is 194 Å². The van der Waals surface area contributed by atoms with Gasteiger partial charge in [-0.3, -0.25) is 9.59 Å². The van der Waals surface area contributed by atoms with E-state index in [1.807, 2.05) is 149 Å². The van der Waals surface area contributed by atoms with Gasteiger partial charge in [0.1, 0.15) is 25.3 Å². The maximum absolute atomic E-state index is 15.9. The summed E-state index contributed by atoms with van der Waals surface area (Å²) in [6, 6.07) is 50.6. The molecule has 4 atom stereocenters. The summed E-state index contributed by atoms with van der Waals surface area (Å²) >= 11 is 0. The van der Waals surface area contributed by atoms with Gasteiger partial charge in [-0.05, 0) is 83.1 Å². The highest BCUT2D eigenvalue weighted by Crippen LogP contribution is 2.34. The number of rotatable bonds is 24. The van der Waals surface area contributed by atoms with Gasteiger partial charge in [-0.1, -0.05) is 210 Å². The Balaban J connectivity index is 1.40. The largest absolute Gasteiger partial charge is 0.445 e. The van der Waals surface area contributed by atoms with Crippen molar-refractivity contribution in [2.24, 2.45) is 11.8 Å². The molecule has 73 heavy (non-hydrogen) atoms. The zero-order valence-electron chi connectivity index (χ0n) is 41.9. The van der Waals surface area contributed by atoms with Crippen molar-refractivity contribution >= 4 is 43.6 Å². The molecule has 0 aliphatic carbocycles. The van der Waals surface area contributed by atoms with Crippen molar-refractivity contribution in [2.75, 3.05) is 0 Å². The van der Waals surface area contributed by atoms with Crippen molar-refractivity contribution in [1.29, 1.82) is 0 Å². The Morgan fingerprint density at radius 1 is 0.425 bits per heavy atom. The minimum atomic E-state index is -4.56.